The van der Waals surface area contributed by atoms with E-state index in [1.165, 1.54) is 31.2 Å². The summed E-state index contributed by atoms with van der Waals surface area (Å²) in [6.07, 6.45) is -4.62. The molecule has 24 heavy (non-hydrogen) atoms. The van der Waals surface area contributed by atoms with Crippen LogP contribution in [0.4, 0.5) is 13.2 Å². The van der Waals surface area contributed by atoms with Gasteiger partial charge in [0.15, 0.2) is 0 Å². The molecular formula is C16H10F3NO3S. The molecule has 2 aromatic heterocycles. The number of carbonyl (C=O) groups is 1. The Labute approximate surface area is 138 Å². The Kier molecular flexibility index (Phi) is 3.92. The number of ketones is 1. The first-order valence-electron chi connectivity index (χ1n) is 6.75. The van der Waals surface area contributed by atoms with E-state index in [1.54, 1.807) is 12.1 Å². The fourth-order valence-corrected chi connectivity index (χ4v) is 3.21. The summed E-state index contributed by atoms with van der Waals surface area (Å²) in [5, 5.41) is 13.2. The van der Waals surface area contributed by atoms with Crippen LogP contribution >= 0.6 is 11.3 Å². The lowest BCUT2D eigenvalue weighted by atomic mass is 10.1. The second-order valence-electron chi connectivity index (χ2n) is 4.99. The van der Waals surface area contributed by atoms with Crippen LogP contribution < -0.4 is 0 Å². The van der Waals surface area contributed by atoms with Gasteiger partial charge in [0, 0.05) is 5.56 Å². The molecule has 3 rings (SSSR count). The molecule has 1 aromatic carbocycles. The van der Waals surface area contributed by atoms with Crippen LogP contribution in [0.5, 0.6) is 5.75 Å². The topological polar surface area (TPSA) is 63.3 Å². The number of benzene rings is 1. The van der Waals surface area contributed by atoms with E-state index in [2.05, 4.69) is 9.68 Å². The van der Waals surface area contributed by atoms with Crippen molar-refractivity contribution in [1.29, 1.82) is 0 Å². The summed E-state index contributed by atoms with van der Waals surface area (Å²) in [6.45, 7) is 1.26. The van der Waals surface area contributed by atoms with Crippen LogP contribution in [0.1, 0.15) is 26.6 Å². The third-order valence-electron chi connectivity index (χ3n) is 3.39. The fraction of sp³-hybridized carbons (Fsp3) is 0.125. The normalized spacial score (nSPS) is 11.7. The van der Waals surface area contributed by atoms with E-state index < -0.39 is 17.7 Å². The minimum absolute atomic E-state index is 0.0451. The average Bonchev–Trinajstić information content (AvgIpc) is 3.12. The maximum Gasteiger partial charge on any atom is 0.452 e. The molecule has 0 atom stereocenters. The second kappa shape index (κ2) is 5.79. The summed E-state index contributed by atoms with van der Waals surface area (Å²) in [7, 11) is 0. The summed E-state index contributed by atoms with van der Waals surface area (Å²) >= 11 is 0.985. The summed E-state index contributed by atoms with van der Waals surface area (Å²) in [5.41, 5.74) is 0.0355. The molecule has 124 valence electrons. The predicted octanol–water partition coefficient (Wildman–Crippen LogP) is 4.67. The molecule has 0 saturated heterocycles. The molecule has 0 amide bonds. The number of phenolic OH excluding ortho intramolecular Hbond substituents is 1. The van der Waals surface area contributed by atoms with Crippen molar-refractivity contribution in [3.05, 3.63) is 58.2 Å². The van der Waals surface area contributed by atoms with Crippen molar-refractivity contribution in [2.24, 2.45) is 0 Å². The van der Waals surface area contributed by atoms with Gasteiger partial charge in [-0.1, -0.05) is 17.3 Å². The van der Waals surface area contributed by atoms with Crippen LogP contribution in [0.25, 0.3) is 10.6 Å². The number of halogens is 3. The van der Waals surface area contributed by atoms with E-state index >= 15 is 0 Å². The lowest BCUT2D eigenvalue weighted by Gasteiger charge is -2.01. The molecule has 8 heteroatoms. The number of alkyl halides is 3. The van der Waals surface area contributed by atoms with E-state index in [0.29, 0.717) is 4.88 Å². The monoisotopic (exact) mass is 353 g/mol. The van der Waals surface area contributed by atoms with E-state index in [-0.39, 0.29) is 27.4 Å². The van der Waals surface area contributed by atoms with Gasteiger partial charge in [-0.25, -0.2) is 0 Å². The van der Waals surface area contributed by atoms with Gasteiger partial charge in [-0.15, -0.1) is 11.3 Å². The first-order chi connectivity index (χ1) is 11.3. The minimum Gasteiger partial charge on any atom is -0.507 e. The number of hydrogen-bond acceptors (Lipinski definition) is 5. The lowest BCUT2D eigenvalue weighted by molar-refractivity contribution is -0.156. The van der Waals surface area contributed by atoms with Crippen molar-refractivity contribution in [1.82, 2.24) is 5.16 Å². The highest BCUT2D eigenvalue weighted by Crippen LogP contribution is 2.38. The maximum atomic E-state index is 12.8. The van der Waals surface area contributed by atoms with Gasteiger partial charge in [0.2, 0.25) is 11.5 Å². The van der Waals surface area contributed by atoms with Crippen molar-refractivity contribution >= 4 is 17.1 Å². The zero-order valence-electron chi connectivity index (χ0n) is 12.2. The molecule has 0 spiro atoms. The van der Waals surface area contributed by atoms with Crippen molar-refractivity contribution < 1.29 is 27.6 Å². The molecule has 0 aliphatic heterocycles. The van der Waals surface area contributed by atoms with E-state index in [0.717, 1.165) is 11.3 Å². The highest BCUT2D eigenvalue weighted by Gasteiger charge is 2.39. The first-order valence-corrected chi connectivity index (χ1v) is 7.57. The molecule has 0 unspecified atom stereocenters. The Hall–Kier alpha value is -2.61. The smallest absolute Gasteiger partial charge is 0.452 e. The molecule has 0 aliphatic carbocycles. The molecule has 0 radical (unpaired) electrons. The van der Waals surface area contributed by atoms with Gasteiger partial charge < -0.3 is 9.63 Å². The first kappa shape index (κ1) is 16.3. The van der Waals surface area contributed by atoms with Crippen LogP contribution in [0.2, 0.25) is 0 Å². The van der Waals surface area contributed by atoms with Crippen LogP contribution in [0, 0.1) is 6.92 Å². The Morgan fingerprint density at radius 1 is 1.21 bits per heavy atom. The average molecular weight is 353 g/mol. The third-order valence-corrected chi connectivity index (χ3v) is 4.48. The van der Waals surface area contributed by atoms with Crippen LogP contribution in [0.15, 0.2) is 40.9 Å². The molecule has 0 bridgehead atoms. The van der Waals surface area contributed by atoms with Crippen molar-refractivity contribution in [3.63, 3.8) is 0 Å². The Morgan fingerprint density at radius 2 is 1.92 bits per heavy atom. The van der Waals surface area contributed by atoms with Gasteiger partial charge in [0.05, 0.1) is 15.3 Å². The van der Waals surface area contributed by atoms with Gasteiger partial charge in [-0.2, -0.15) is 13.2 Å². The van der Waals surface area contributed by atoms with Gasteiger partial charge in [0.1, 0.15) is 11.4 Å². The van der Waals surface area contributed by atoms with E-state index in [4.69, 9.17) is 0 Å². The Bertz CT molecular complexity index is 911. The van der Waals surface area contributed by atoms with Gasteiger partial charge in [-0.3, -0.25) is 4.79 Å². The van der Waals surface area contributed by atoms with Crippen LogP contribution in [-0.2, 0) is 6.18 Å². The maximum absolute atomic E-state index is 12.8. The SMILES string of the molecule is Cc1c(-c2ccc(C(=O)c3ccccc3O)s2)noc1C(F)(F)F. The Balaban J connectivity index is 1.96. The number of phenols is 1. The third kappa shape index (κ3) is 2.80. The molecule has 1 N–H and O–H groups in total. The zero-order chi connectivity index (χ0) is 17.5. The van der Waals surface area contributed by atoms with Crippen LogP contribution in [-0.4, -0.2) is 16.0 Å². The molecule has 0 saturated carbocycles. The molecule has 2 heterocycles. The lowest BCUT2D eigenvalue weighted by Crippen LogP contribution is -2.04. The van der Waals surface area contributed by atoms with Gasteiger partial charge in [0.25, 0.3) is 0 Å². The number of carbonyl (C=O) groups excluding carboxylic acids is 1. The number of hydrogen-bond donors (Lipinski definition) is 1. The number of rotatable bonds is 3. The van der Waals surface area contributed by atoms with E-state index in [9.17, 15) is 23.1 Å². The summed E-state index contributed by atoms with van der Waals surface area (Å²) in [5.74, 6) is -1.73. The highest BCUT2D eigenvalue weighted by molar-refractivity contribution is 7.17. The van der Waals surface area contributed by atoms with Crippen molar-refractivity contribution in [2.75, 3.05) is 0 Å². The highest BCUT2D eigenvalue weighted by atomic mass is 32.1. The second-order valence-corrected chi connectivity index (χ2v) is 6.08. The molecule has 4 nitrogen and oxygen atoms in total. The number of thiophene rings is 1. The number of nitrogens with zero attached hydrogens (tertiary/aromatic N) is 1. The standard InChI is InChI=1S/C16H10F3NO3S/c1-8-13(20-23-15(8)16(17,18)19)11-6-7-12(24-11)14(22)9-4-2-3-5-10(9)21/h2-7,21H,1H3. The van der Waals surface area contributed by atoms with Crippen molar-refractivity contribution in [3.8, 4) is 16.3 Å². The molecule has 0 fully saturated rings. The predicted molar refractivity (Wildman–Crippen MR) is 81.1 cm³/mol. The fourth-order valence-electron chi connectivity index (χ4n) is 2.22. The largest absolute Gasteiger partial charge is 0.507 e. The molecule has 0 aliphatic rings. The molecular weight excluding hydrogens is 343 g/mol. The zero-order valence-corrected chi connectivity index (χ0v) is 13.0. The summed E-state index contributed by atoms with van der Waals surface area (Å²) in [4.78, 5) is 13.0. The van der Waals surface area contributed by atoms with E-state index in [1.807, 2.05) is 0 Å². The quantitative estimate of drug-likeness (QED) is 0.695. The number of aromatic hydroxyl groups is 1. The number of aromatic nitrogens is 1. The van der Waals surface area contributed by atoms with Crippen LogP contribution in [0.3, 0.4) is 0 Å². The summed E-state index contributed by atoms with van der Waals surface area (Å²) in [6, 6.07) is 9.04. The molecule has 3 aromatic rings. The number of para-hydroxylation sites is 1. The van der Waals surface area contributed by atoms with Gasteiger partial charge in [-0.05, 0) is 31.2 Å². The Morgan fingerprint density at radius 3 is 2.54 bits per heavy atom. The van der Waals surface area contributed by atoms with Gasteiger partial charge >= 0.3 is 6.18 Å². The van der Waals surface area contributed by atoms with Crippen molar-refractivity contribution in [2.45, 2.75) is 13.1 Å². The minimum atomic E-state index is -4.62. The summed E-state index contributed by atoms with van der Waals surface area (Å²) < 4.78 is 42.7.